The highest BCUT2D eigenvalue weighted by atomic mass is 16.7. The SMILES string of the molecule is CCCCCC(=O)On1ccnc1. The largest absolute Gasteiger partial charge is 0.336 e. The number of unbranched alkanes of at least 4 members (excludes halogenated alkanes) is 2. The van der Waals surface area contributed by atoms with Gasteiger partial charge in [-0.25, -0.2) is 9.78 Å². The maximum atomic E-state index is 11.1. The van der Waals surface area contributed by atoms with Crippen LogP contribution in [-0.2, 0) is 4.79 Å². The average molecular weight is 182 g/mol. The third-order valence-corrected chi connectivity index (χ3v) is 1.67. The zero-order valence-corrected chi connectivity index (χ0v) is 7.77. The number of nitrogens with zero attached hydrogens (tertiary/aromatic N) is 2. The van der Waals surface area contributed by atoms with Gasteiger partial charge in [-0.2, -0.15) is 4.73 Å². The number of hydrogen-bond acceptors (Lipinski definition) is 3. The van der Waals surface area contributed by atoms with Crippen molar-refractivity contribution in [3.63, 3.8) is 0 Å². The molecule has 0 saturated carbocycles. The summed E-state index contributed by atoms with van der Waals surface area (Å²) in [5.41, 5.74) is 0. The minimum atomic E-state index is -0.202. The molecule has 0 aromatic carbocycles. The van der Waals surface area contributed by atoms with Crippen LogP contribution in [0.4, 0.5) is 0 Å². The third kappa shape index (κ3) is 3.73. The molecule has 0 aliphatic carbocycles. The van der Waals surface area contributed by atoms with E-state index >= 15 is 0 Å². The van der Waals surface area contributed by atoms with Crippen molar-refractivity contribution in [2.45, 2.75) is 32.6 Å². The van der Waals surface area contributed by atoms with E-state index in [1.807, 2.05) is 0 Å². The first-order valence-corrected chi connectivity index (χ1v) is 4.52. The maximum absolute atomic E-state index is 11.1. The molecule has 1 aromatic rings. The molecule has 72 valence electrons. The summed E-state index contributed by atoms with van der Waals surface area (Å²) in [5, 5.41) is 0. The van der Waals surface area contributed by atoms with E-state index in [4.69, 9.17) is 4.84 Å². The van der Waals surface area contributed by atoms with Gasteiger partial charge in [0.1, 0.15) is 6.33 Å². The molecule has 0 saturated heterocycles. The van der Waals surface area contributed by atoms with E-state index in [1.54, 1.807) is 12.4 Å². The molecule has 0 spiro atoms. The Kier molecular flexibility index (Phi) is 4.02. The lowest BCUT2D eigenvalue weighted by atomic mass is 10.2. The predicted molar refractivity (Wildman–Crippen MR) is 48.0 cm³/mol. The van der Waals surface area contributed by atoms with E-state index in [2.05, 4.69) is 11.9 Å². The lowest BCUT2D eigenvalue weighted by Gasteiger charge is -2.02. The van der Waals surface area contributed by atoms with E-state index in [-0.39, 0.29) is 5.97 Å². The molecule has 0 radical (unpaired) electrons. The second-order valence-electron chi connectivity index (χ2n) is 2.84. The lowest BCUT2D eigenvalue weighted by Crippen LogP contribution is -2.17. The monoisotopic (exact) mass is 182 g/mol. The van der Waals surface area contributed by atoms with Gasteiger partial charge in [-0.3, -0.25) is 0 Å². The van der Waals surface area contributed by atoms with Crippen LogP contribution < -0.4 is 4.84 Å². The van der Waals surface area contributed by atoms with E-state index < -0.39 is 0 Å². The number of imidazole rings is 1. The first-order chi connectivity index (χ1) is 6.33. The fourth-order valence-electron chi connectivity index (χ4n) is 0.983. The van der Waals surface area contributed by atoms with E-state index in [0.717, 1.165) is 19.3 Å². The average Bonchev–Trinajstić information content (AvgIpc) is 2.57. The summed E-state index contributed by atoms with van der Waals surface area (Å²) in [6.07, 6.45) is 8.17. The minimum Gasteiger partial charge on any atom is -0.336 e. The Morgan fingerprint density at radius 1 is 1.54 bits per heavy atom. The topological polar surface area (TPSA) is 44.1 Å². The zero-order chi connectivity index (χ0) is 9.52. The molecular formula is C9H14N2O2. The standard InChI is InChI=1S/C9H14N2O2/c1-2-3-4-5-9(12)13-11-7-6-10-8-11/h6-8H,2-5H2,1H3. The van der Waals surface area contributed by atoms with Gasteiger partial charge in [0.05, 0.1) is 6.20 Å². The highest BCUT2D eigenvalue weighted by molar-refractivity contribution is 5.69. The van der Waals surface area contributed by atoms with Crippen molar-refractivity contribution >= 4 is 5.97 Å². The molecule has 0 N–H and O–H groups in total. The van der Waals surface area contributed by atoms with Gasteiger partial charge in [0.15, 0.2) is 0 Å². The van der Waals surface area contributed by atoms with E-state index in [1.165, 1.54) is 11.1 Å². The van der Waals surface area contributed by atoms with Crippen molar-refractivity contribution in [2.24, 2.45) is 0 Å². The molecular weight excluding hydrogens is 168 g/mol. The van der Waals surface area contributed by atoms with Crippen LogP contribution in [0.3, 0.4) is 0 Å². The molecule has 0 bridgehead atoms. The second-order valence-corrected chi connectivity index (χ2v) is 2.84. The van der Waals surface area contributed by atoms with Crippen molar-refractivity contribution in [3.05, 3.63) is 18.7 Å². The molecule has 1 aromatic heterocycles. The Morgan fingerprint density at radius 2 is 2.38 bits per heavy atom. The summed E-state index contributed by atoms with van der Waals surface area (Å²) in [7, 11) is 0. The number of rotatable bonds is 5. The molecule has 4 heteroatoms. The fraction of sp³-hybridized carbons (Fsp3) is 0.556. The van der Waals surface area contributed by atoms with Gasteiger partial charge in [0.25, 0.3) is 0 Å². The summed E-state index contributed by atoms with van der Waals surface area (Å²) < 4.78 is 1.31. The number of carbonyl (C=O) groups is 1. The molecule has 0 fully saturated rings. The van der Waals surface area contributed by atoms with Crippen molar-refractivity contribution in [2.75, 3.05) is 0 Å². The van der Waals surface area contributed by atoms with Crippen LogP contribution in [0.1, 0.15) is 32.6 Å². The third-order valence-electron chi connectivity index (χ3n) is 1.67. The molecule has 0 aliphatic rings. The Hall–Kier alpha value is -1.32. The fourth-order valence-corrected chi connectivity index (χ4v) is 0.983. The van der Waals surface area contributed by atoms with Crippen LogP contribution in [0, 0.1) is 0 Å². The number of aromatic nitrogens is 2. The molecule has 1 heterocycles. The summed E-state index contributed by atoms with van der Waals surface area (Å²) in [6.45, 7) is 2.10. The maximum Gasteiger partial charge on any atom is 0.332 e. The van der Waals surface area contributed by atoms with Gasteiger partial charge < -0.3 is 4.84 Å². The van der Waals surface area contributed by atoms with Crippen LogP contribution in [-0.4, -0.2) is 15.7 Å². The Labute approximate surface area is 77.5 Å². The molecule has 0 aliphatic heterocycles. The Morgan fingerprint density at radius 3 is 3.00 bits per heavy atom. The van der Waals surface area contributed by atoms with Crippen molar-refractivity contribution < 1.29 is 9.63 Å². The summed E-state index contributed by atoms with van der Waals surface area (Å²) in [6, 6.07) is 0. The van der Waals surface area contributed by atoms with Crippen molar-refractivity contribution in [3.8, 4) is 0 Å². The smallest absolute Gasteiger partial charge is 0.332 e. The Bertz CT molecular complexity index is 244. The van der Waals surface area contributed by atoms with Crippen molar-refractivity contribution in [1.82, 2.24) is 9.71 Å². The van der Waals surface area contributed by atoms with E-state index in [9.17, 15) is 4.79 Å². The zero-order valence-electron chi connectivity index (χ0n) is 7.77. The molecule has 0 unspecified atom stereocenters. The first kappa shape index (κ1) is 9.77. The van der Waals surface area contributed by atoms with Gasteiger partial charge in [-0.1, -0.05) is 19.8 Å². The van der Waals surface area contributed by atoms with Crippen molar-refractivity contribution in [1.29, 1.82) is 0 Å². The predicted octanol–water partition coefficient (Wildman–Crippen LogP) is 1.42. The molecule has 0 atom stereocenters. The first-order valence-electron chi connectivity index (χ1n) is 4.52. The molecule has 0 amide bonds. The van der Waals surface area contributed by atoms with Crippen LogP contribution in [0.2, 0.25) is 0 Å². The minimum absolute atomic E-state index is 0.202. The van der Waals surface area contributed by atoms with E-state index in [0.29, 0.717) is 6.42 Å². The van der Waals surface area contributed by atoms with Crippen LogP contribution >= 0.6 is 0 Å². The second kappa shape index (κ2) is 5.35. The summed E-state index contributed by atoms with van der Waals surface area (Å²) in [5.74, 6) is -0.202. The molecule has 1 rings (SSSR count). The normalized spacial score (nSPS) is 9.92. The summed E-state index contributed by atoms with van der Waals surface area (Å²) >= 11 is 0. The van der Waals surface area contributed by atoms with Gasteiger partial charge in [0.2, 0.25) is 0 Å². The summed E-state index contributed by atoms with van der Waals surface area (Å²) in [4.78, 5) is 19.8. The van der Waals surface area contributed by atoms with Crippen LogP contribution in [0.25, 0.3) is 0 Å². The quantitative estimate of drug-likeness (QED) is 0.647. The highest BCUT2D eigenvalue weighted by Gasteiger charge is 2.02. The van der Waals surface area contributed by atoms with Gasteiger partial charge in [0, 0.05) is 12.6 Å². The molecule has 13 heavy (non-hydrogen) atoms. The number of hydrogen-bond donors (Lipinski definition) is 0. The van der Waals surface area contributed by atoms with Crippen LogP contribution in [0.15, 0.2) is 18.7 Å². The van der Waals surface area contributed by atoms with Gasteiger partial charge in [-0.15, -0.1) is 0 Å². The highest BCUT2D eigenvalue weighted by Crippen LogP contribution is 1.99. The Balaban J connectivity index is 2.18. The van der Waals surface area contributed by atoms with Gasteiger partial charge >= 0.3 is 5.97 Å². The van der Waals surface area contributed by atoms with Crippen LogP contribution in [0.5, 0.6) is 0 Å². The molecule has 4 nitrogen and oxygen atoms in total. The lowest BCUT2D eigenvalue weighted by molar-refractivity contribution is -0.144. The van der Waals surface area contributed by atoms with Gasteiger partial charge in [-0.05, 0) is 6.42 Å². The number of carbonyl (C=O) groups excluding carboxylic acids is 1.